The molecule has 0 saturated carbocycles. The lowest BCUT2D eigenvalue weighted by Gasteiger charge is -2.06. The molecule has 0 radical (unpaired) electrons. The van der Waals surface area contributed by atoms with Gasteiger partial charge in [0.1, 0.15) is 0 Å². The predicted octanol–water partition coefficient (Wildman–Crippen LogP) is 1.65. The van der Waals surface area contributed by atoms with Gasteiger partial charge in [-0.05, 0) is 22.4 Å². The SMILES string of the molecule is CCCNc1nc(OC)nc(-n2cc(Br)cn2)n1. The molecular formula is C10H13BrN6O. The fourth-order valence-corrected chi connectivity index (χ4v) is 1.55. The van der Waals surface area contributed by atoms with Crippen LogP contribution < -0.4 is 10.1 Å². The van der Waals surface area contributed by atoms with Gasteiger partial charge >= 0.3 is 6.01 Å². The summed E-state index contributed by atoms with van der Waals surface area (Å²) >= 11 is 3.32. The highest BCUT2D eigenvalue weighted by Crippen LogP contribution is 2.13. The van der Waals surface area contributed by atoms with Crippen LogP contribution in [0.5, 0.6) is 6.01 Å². The van der Waals surface area contributed by atoms with Gasteiger partial charge in [-0.15, -0.1) is 0 Å². The van der Waals surface area contributed by atoms with Gasteiger partial charge in [0.15, 0.2) is 0 Å². The van der Waals surface area contributed by atoms with Gasteiger partial charge in [-0.25, -0.2) is 4.68 Å². The van der Waals surface area contributed by atoms with Crippen LogP contribution in [0.2, 0.25) is 0 Å². The van der Waals surface area contributed by atoms with Crippen molar-refractivity contribution in [1.29, 1.82) is 0 Å². The number of nitrogens with one attached hydrogen (secondary N) is 1. The van der Waals surface area contributed by atoms with Crippen LogP contribution in [0, 0.1) is 0 Å². The van der Waals surface area contributed by atoms with Crippen LogP contribution in [0.15, 0.2) is 16.9 Å². The third kappa shape index (κ3) is 2.95. The van der Waals surface area contributed by atoms with Gasteiger partial charge in [0.2, 0.25) is 5.95 Å². The van der Waals surface area contributed by atoms with Gasteiger partial charge in [0, 0.05) is 12.7 Å². The molecule has 0 aliphatic carbocycles. The highest BCUT2D eigenvalue weighted by Gasteiger charge is 2.09. The zero-order valence-electron chi connectivity index (χ0n) is 10.1. The summed E-state index contributed by atoms with van der Waals surface area (Å²) in [6.45, 7) is 2.85. The molecule has 0 aromatic carbocycles. The van der Waals surface area contributed by atoms with E-state index in [1.54, 1.807) is 17.1 Å². The van der Waals surface area contributed by atoms with Crippen molar-refractivity contribution in [3.8, 4) is 12.0 Å². The lowest BCUT2D eigenvalue weighted by atomic mass is 10.5. The minimum atomic E-state index is 0.255. The number of aromatic nitrogens is 5. The normalized spacial score (nSPS) is 10.4. The molecule has 2 aromatic rings. The molecule has 96 valence electrons. The Morgan fingerprint density at radius 2 is 2.22 bits per heavy atom. The molecule has 0 spiro atoms. The first-order valence-corrected chi connectivity index (χ1v) is 6.26. The van der Waals surface area contributed by atoms with E-state index in [2.05, 4.69) is 48.2 Å². The van der Waals surface area contributed by atoms with Crippen molar-refractivity contribution >= 4 is 21.9 Å². The Morgan fingerprint density at radius 1 is 1.39 bits per heavy atom. The van der Waals surface area contributed by atoms with E-state index in [1.165, 1.54) is 7.11 Å². The molecule has 0 aliphatic rings. The van der Waals surface area contributed by atoms with E-state index in [0.717, 1.165) is 17.4 Å². The molecule has 0 aliphatic heterocycles. The van der Waals surface area contributed by atoms with E-state index in [0.29, 0.717) is 11.9 Å². The van der Waals surface area contributed by atoms with E-state index in [1.807, 2.05) is 0 Å². The van der Waals surface area contributed by atoms with Crippen molar-refractivity contribution < 1.29 is 4.74 Å². The van der Waals surface area contributed by atoms with E-state index >= 15 is 0 Å². The van der Waals surface area contributed by atoms with Crippen molar-refractivity contribution in [1.82, 2.24) is 24.7 Å². The van der Waals surface area contributed by atoms with Gasteiger partial charge < -0.3 is 10.1 Å². The number of anilines is 1. The topological polar surface area (TPSA) is 77.8 Å². The molecular weight excluding hydrogens is 300 g/mol. The van der Waals surface area contributed by atoms with Crippen LogP contribution in [0.25, 0.3) is 5.95 Å². The summed E-state index contributed by atoms with van der Waals surface area (Å²) in [7, 11) is 1.52. The summed E-state index contributed by atoms with van der Waals surface area (Å²) in [6.07, 6.45) is 4.41. The van der Waals surface area contributed by atoms with Crippen molar-refractivity contribution in [2.45, 2.75) is 13.3 Å². The summed E-state index contributed by atoms with van der Waals surface area (Å²) in [6, 6.07) is 0.255. The van der Waals surface area contributed by atoms with Crippen LogP contribution in [-0.2, 0) is 0 Å². The Bertz CT molecular complexity index is 529. The third-order valence-corrected chi connectivity index (χ3v) is 2.48. The smallest absolute Gasteiger partial charge is 0.322 e. The first-order chi connectivity index (χ1) is 8.72. The van der Waals surface area contributed by atoms with Crippen molar-refractivity contribution in [3.05, 3.63) is 16.9 Å². The second-order valence-corrected chi connectivity index (χ2v) is 4.39. The number of ether oxygens (including phenoxy) is 1. The Kier molecular flexibility index (Phi) is 4.08. The summed E-state index contributed by atoms with van der Waals surface area (Å²) < 4.78 is 7.45. The van der Waals surface area contributed by atoms with E-state index in [9.17, 15) is 0 Å². The zero-order chi connectivity index (χ0) is 13.0. The zero-order valence-corrected chi connectivity index (χ0v) is 11.7. The molecule has 0 amide bonds. The summed E-state index contributed by atoms with van der Waals surface area (Å²) in [5.74, 6) is 0.886. The monoisotopic (exact) mass is 312 g/mol. The first kappa shape index (κ1) is 12.7. The molecule has 1 N–H and O–H groups in total. The molecule has 2 aromatic heterocycles. The summed E-state index contributed by atoms with van der Waals surface area (Å²) in [4.78, 5) is 12.5. The van der Waals surface area contributed by atoms with Crippen molar-refractivity contribution in [3.63, 3.8) is 0 Å². The fraction of sp³-hybridized carbons (Fsp3) is 0.400. The minimum Gasteiger partial charge on any atom is -0.467 e. The number of nitrogens with zero attached hydrogens (tertiary/aromatic N) is 5. The number of halogens is 1. The molecule has 8 heteroatoms. The molecule has 7 nitrogen and oxygen atoms in total. The second-order valence-electron chi connectivity index (χ2n) is 3.48. The number of hydrogen-bond acceptors (Lipinski definition) is 6. The van der Waals surface area contributed by atoms with Crippen LogP contribution in [0.1, 0.15) is 13.3 Å². The van der Waals surface area contributed by atoms with Gasteiger partial charge in [-0.2, -0.15) is 20.1 Å². The van der Waals surface area contributed by atoms with E-state index in [4.69, 9.17) is 4.74 Å². The van der Waals surface area contributed by atoms with E-state index < -0.39 is 0 Å². The predicted molar refractivity (Wildman–Crippen MR) is 70.0 cm³/mol. The highest BCUT2D eigenvalue weighted by atomic mass is 79.9. The Labute approximate surface area is 113 Å². The van der Waals surface area contributed by atoms with Crippen molar-refractivity contribution in [2.24, 2.45) is 0 Å². The molecule has 2 rings (SSSR count). The molecule has 18 heavy (non-hydrogen) atoms. The molecule has 0 saturated heterocycles. The van der Waals surface area contributed by atoms with Crippen molar-refractivity contribution in [2.75, 3.05) is 19.0 Å². The molecule has 0 fully saturated rings. The number of methoxy groups -OCH3 is 1. The Hall–Kier alpha value is -1.70. The van der Waals surface area contributed by atoms with E-state index in [-0.39, 0.29) is 6.01 Å². The fourth-order valence-electron chi connectivity index (χ4n) is 1.27. The molecule has 0 bridgehead atoms. The second kappa shape index (κ2) is 5.76. The first-order valence-electron chi connectivity index (χ1n) is 5.47. The third-order valence-electron chi connectivity index (χ3n) is 2.07. The largest absolute Gasteiger partial charge is 0.467 e. The van der Waals surface area contributed by atoms with Crippen LogP contribution in [0.4, 0.5) is 5.95 Å². The summed E-state index contributed by atoms with van der Waals surface area (Å²) in [5, 5.41) is 7.21. The Morgan fingerprint density at radius 3 is 2.83 bits per heavy atom. The maximum absolute atomic E-state index is 5.05. The molecule has 0 atom stereocenters. The van der Waals surface area contributed by atoms with Gasteiger partial charge in [0.25, 0.3) is 5.95 Å². The average molecular weight is 313 g/mol. The lowest BCUT2D eigenvalue weighted by molar-refractivity contribution is 0.377. The van der Waals surface area contributed by atoms with Gasteiger partial charge in [-0.1, -0.05) is 6.92 Å². The Balaban J connectivity index is 2.34. The quantitative estimate of drug-likeness (QED) is 0.904. The summed E-state index contributed by atoms with van der Waals surface area (Å²) in [5.41, 5.74) is 0. The standard InChI is InChI=1S/C10H13BrN6O/c1-3-4-12-8-14-9(16-10(15-8)18-2)17-6-7(11)5-13-17/h5-6H,3-4H2,1-2H3,(H,12,14,15,16). The molecule has 2 heterocycles. The van der Waals surface area contributed by atoms with Crippen LogP contribution in [0.3, 0.4) is 0 Å². The average Bonchev–Trinajstić information content (AvgIpc) is 2.82. The van der Waals surface area contributed by atoms with Crippen LogP contribution in [-0.4, -0.2) is 38.4 Å². The van der Waals surface area contributed by atoms with Gasteiger partial charge in [-0.3, -0.25) is 0 Å². The highest BCUT2D eigenvalue weighted by molar-refractivity contribution is 9.10. The minimum absolute atomic E-state index is 0.255. The molecule has 0 unspecified atom stereocenters. The number of hydrogen-bond donors (Lipinski definition) is 1. The van der Waals surface area contributed by atoms with Gasteiger partial charge in [0.05, 0.1) is 17.8 Å². The number of rotatable bonds is 5. The maximum Gasteiger partial charge on any atom is 0.322 e. The maximum atomic E-state index is 5.05. The lowest BCUT2D eigenvalue weighted by Crippen LogP contribution is -2.10. The van der Waals surface area contributed by atoms with Crippen LogP contribution >= 0.6 is 15.9 Å².